The van der Waals surface area contributed by atoms with Crippen molar-refractivity contribution in [3.63, 3.8) is 0 Å². The molecule has 4 heteroatoms. The lowest BCUT2D eigenvalue weighted by Crippen LogP contribution is -2.22. The van der Waals surface area contributed by atoms with E-state index in [1.165, 1.54) is 5.56 Å². The van der Waals surface area contributed by atoms with E-state index >= 15 is 0 Å². The van der Waals surface area contributed by atoms with Crippen LogP contribution in [0.4, 0.5) is 0 Å². The van der Waals surface area contributed by atoms with Gasteiger partial charge in [-0.05, 0) is 30.4 Å². The molecule has 0 radical (unpaired) electrons. The smallest absolute Gasteiger partial charge is 0.150 e. The average Bonchev–Trinajstić information content (AvgIpc) is 2.28. The average molecular weight is 267 g/mol. The largest absolute Gasteiger partial charge is 0.260 e. The summed E-state index contributed by atoms with van der Waals surface area (Å²) in [7, 11) is -2.78. The van der Waals surface area contributed by atoms with E-state index in [4.69, 9.17) is 0 Å². The van der Waals surface area contributed by atoms with Gasteiger partial charge in [-0.15, -0.1) is 0 Å². The Morgan fingerprint density at radius 3 is 2.22 bits per heavy atom. The normalized spacial score (nSPS) is 20.8. The van der Waals surface area contributed by atoms with Gasteiger partial charge < -0.3 is 0 Å². The van der Waals surface area contributed by atoms with Crippen LogP contribution in [0.15, 0.2) is 18.3 Å². The van der Waals surface area contributed by atoms with E-state index in [1.54, 1.807) is 0 Å². The predicted octanol–water partition coefficient (Wildman–Crippen LogP) is 2.67. The summed E-state index contributed by atoms with van der Waals surface area (Å²) in [6.07, 6.45) is 3.39. The Kier molecular flexibility index (Phi) is 3.49. The van der Waals surface area contributed by atoms with Crippen LogP contribution < -0.4 is 0 Å². The van der Waals surface area contributed by atoms with E-state index in [1.807, 2.05) is 6.20 Å². The number of aromatic nitrogens is 1. The van der Waals surface area contributed by atoms with Crippen LogP contribution in [0.5, 0.6) is 0 Å². The Labute approximate surface area is 110 Å². The molecular weight excluding hydrogens is 246 g/mol. The number of rotatable bonds is 1. The molecule has 0 unspecified atom stereocenters. The van der Waals surface area contributed by atoms with E-state index in [-0.39, 0.29) is 5.41 Å². The van der Waals surface area contributed by atoms with Crippen molar-refractivity contribution in [2.75, 3.05) is 11.5 Å². The number of pyridine rings is 1. The number of nitrogens with zero attached hydrogens (tertiary/aromatic N) is 1. The molecule has 2 heterocycles. The maximum atomic E-state index is 11.4. The molecule has 0 N–H and O–H groups in total. The molecule has 3 nitrogen and oxygen atoms in total. The summed E-state index contributed by atoms with van der Waals surface area (Å²) < 4.78 is 22.8. The van der Waals surface area contributed by atoms with Crippen molar-refractivity contribution in [3.05, 3.63) is 29.6 Å². The zero-order chi connectivity index (χ0) is 13.4. The van der Waals surface area contributed by atoms with Crippen LogP contribution >= 0.6 is 0 Å². The lowest BCUT2D eigenvalue weighted by atomic mass is 9.89. The van der Waals surface area contributed by atoms with Crippen molar-refractivity contribution in [2.45, 2.75) is 44.9 Å². The molecule has 0 saturated carbocycles. The van der Waals surface area contributed by atoms with Gasteiger partial charge in [0.15, 0.2) is 0 Å². The van der Waals surface area contributed by atoms with Crippen molar-refractivity contribution in [2.24, 2.45) is 0 Å². The zero-order valence-corrected chi connectivity index (χ0v) is 12.1. The topological polar surface area (TPSA) is 47.0 Å². The Morgan fingerprint density at radius 2 is 1.78 bits per heavy atom. The van der Waals surface area contributed by atoms with Crippen LogP contribution in [-0.4, -0.2) is 24.9 Å². The molecule has 1 aromatic rings. The molecule has 1 aliphatic heterocycles. The predicted molar refractivity (Wildman–Crippen MR) is 73.6 cm³/mol. The maximum Gasteiger partial charge on any atom is 0.150 e. The third-order valence-corrected chi connectivity index (χ3v) is 5.30. The Balaban J connectivity index is 2.12. The third-order valence-electron chi connectivity index (χ3n) is 3.58. The fourth-order valence-electron chi connectivity index (χ4n) is 2.31. The number of sulfone groups is 1. The van der Waals surface area contributed by atoms with Gasteiger partial charge >= 0.3 is 0 Å². The first-order chi connectivity index (χ1) is 8.28. The standard InChI is InChI=1S/C14H21NO2S/c1-14(2,3)13-5-4-12(10-15-13)11-6-8-18(16,17)9-7-11/h4-5,10-11H,6-9H2,1-3H3. The van der Waals surface area contributed by atoms with Crippen LogP contribution in [0, 0.1) is 0 Å². The highest BCUT2D eigenvalue weighted by atomic mass is 32.2. The fourth-order valence-corrected chi connectivity index (χ4v) is 3.81. The van der Waals surface area contributed by atoms with E-state index in [0.29, 0.717) is 17.4 Å². The fraction of sp³-hybridized carbons (Fsp3) is 0.643. The van der Waals surface area contributed by atoms with E-state index in [0.717, 1.165) is 18.5 Å². The Morgan fingerprint density at radius 1 is 1.17 bits per heavy atom. The lowest BCUT2D eigenvalue weighted by Gasteiger charge is -2.23. The Hall–Kier alpha value is -0.900. The molecule has 2 rings (SSSR count). The van der Waals surface area contributed by atoms with Crippen molar-refractivity contribution in [1.29, 1.82) is 0 Å². The minimum atomic E-state index is -2.78. The summed E-state index contributed by atoms with van der Waals surface area (Å²) in [5.41, 5.74) is 2.32. The molecule has 1 aliphatic rings. The van der Waals surface area contributed by atoms with Gasteiger partial charge in [0.2, 0.25) is 0 Å². The minimum Gasteiger partial charge on any atom is -0.260 e. The van der Waals surface area contributed by atoms with Gasteiger partial charge in [0.25, 0.3) is 0 Å². The quantitative estimate of drug-likeness (QED) is 0.786. The second-order valence-electron chi connectivity index (χ2n) is 6.15. The molecule has 18 heavy (non-hydrogen) atoms. The second kappa shape index (κ2) is 4.65. The van der Waals surface area contributed by atoms with Crippen LogP contribution in [0.1, 0.15) is 50.8 Å². The van der Waals surface area contributed by atoms with Gasteiger partial charge in [0, 0.05) is 17.3 Å². The lowest BCUT2D eigenvalue weighted by molar-refractivity contribution is 0.545. The van der Waals surface area contributed by atoms with E-state index in [9.17, 15) is 8.42 Å². The van der Waals surface area contributed by atoms with Gasteiger partial charge in [0.1, 0.15) is 9.84 Å². The number of hydrogen-bond donors (Lipinski definition) is 0. The summed E-state index contributed by atoms with van der Waals surface area (Å²) in [5, 5.41) is 0. The molecular formula is C14H21NO2S. The minimum absolute atomic E-state index is 0.0639. The molecule has 0 atom stereocenters. The van der Waals surface area contributed by atoms with Crippen molar-refractivity contribution >= 4 is 9.84 Å². The molecule has 0 amide bonds. The third kappa shape index (κ3) is 3.10. The molecule has 1 saturated heterocycles. The highest BCUT2D eigenvalue weighted by Crippen LogP contribution is 2.29. The van der Waals surface area contributed by atoms with Gasteiger partial charge in [-0.25, -0.2) is 8.42 Å². The molecule has 1 aromatic heterocycles. The molecule has 0 bridgehead atoms. The summed E-state index contributed by atoms with van der Waals surface area (Å²) in [6, 6.07) is 4.18. The van der Waals surface area contributed by atoms with Crippen molar-refractivity contribution in [1.82, 2.24) is 4.98 Å². The Bertz CT molecular complexity index is 498. The SMILES string of the molecule is CC(C)(C)c1ccc(C2CCS(=O)(=O)CC2)cn1. The second-order valence-corrected chi connectivity index (χ2v) is 8.46. The monoisotopic (exact) mass is 267 g/mol. The van der Waals surface area contributed by atoms with Crippen LogP contribution in [0.3, 0.4) is 0 Å². The molecule has 0 aromatic carbocycles. The van der Waals surface area contributed by atoms with E-state index < -0.39 is 9.84 Å². The molecule has 0 spiro atoms. The summed E-state index contributed by atoms with van der Waals surface area (Å²) in [6.45, 7) is 6.42. The van der Waals surface area contributed by atoms with Crippen LogP contribution in [0.25, 0.3) is 0 Å². The molecule has 1 fully saturated rings. The highest BCUT2D eigenvalue weighted by molar-refractivity contribution is 7.91. The van der Waals surface area contributed by atoms with Gasteiger partial charge in [0.05, 0.1) is 11.5 Å². The van der Waals surface area contributed by atoms with Gasteiger partial charge in [-0.1, -0.05) is 26.8 Å². The highest BCUT2D eigenvalue weighted by Gasteiger charge is 2.25. The first-order valence-corrected chi connectivity index (χ1v) is 8.27. The maximum absolute atomic E-state index is 11.4. The summed E-state index contributed by atoms with van der Waals surface area (Å²) >= 11 is 0. The first kappa shape index (κ1) is 13.5. The first-order valence-electron chi connectivity index (χ1n) is 6.45. The van der Waals surface area contributed by atoms with Crippen LogP contribution in [-0.2, 0) is 15.3 Å². The molecule has 0 aliphatic carbocycles. The molecule has 100 valence electrons. The van der Waals surface area contributed by atoms with Crippen molar-refractivity contribution in [3.8, 4) is 0 Å². The van der Waals surface area contributed by atoms with Crippen molar-refractivity contribution < 1.29 is 8.42 Å². The van der Waals surface area contributed by atoms with Crippen LogP contribution in [0.2, 0.25) is 0 Å². The number of hydrogen-bond acceptors (Lipinski definition) is 3. The zero-order valence-electron chi connectivity index (χ0n) is 11.3. The summed E-state index contributed by atoms with van der Waals surface area (Å²) in [4.78, 5) is 4.51. The van der Waals surface area contributed by atoms with E-state index in [2.05, 4.69) is 37.9 Å². The summed E-state index contributed by atoms with van der Waals surface area (Å²) in [5.74, 6) is 0.993. The van der Waals surface area contributed by atoms with Gasteiger partial charge in [-0.2, -0.15) is 0 Å². The van der Waals surface area contributed by atoms with Gasteiger partial charge in [-0.3, -0.25) is 4.98 Å².